The molecule has 0 aromatic heterocycles. The molecule has 1 heterocycles. The lowest BCUT2D eigenvalue weighted by atomic mass is 10.0. The van der Waals surface area contributed by atoms with Crippen LogP contribution in [0.3, 0.4) is 0 Å². The van der Waals surface area contributed by atoms with Gasteiger partial charge in [-0.05, 0) is 64.4 Å². The number of nitrogens with zero attached hydrogens (tertiary/aromatic N) is 2. The van der Waals surface area contributed by atoms with Gasteiger partial charge in [0.15, 0.2) is 0 Å². The molecule has 2 aliphatic rings. The molecule has 26 heavy (non-hydrogen) atoms. The Labute approximate surface area is 165 Å². The lowest BCUT2D eigenvalue weighted by molar-refractivity contribution is 0.246. The van der Waals surface area contributed by atoms with E-state index in [1.165, 1.54) is 24.2 Å². The molecule has 2 aromatic rings. The summed E-state index contributed by atoms with van der Waals surface area (Å²) in [4.78, 5) is 5.12. The van der Waals surface area contributed by atoms with Crippen molar-refractivity contribution in [2.24, 2.45) is 5.92 Å². The first-order valence-corrected chi connectivity index (χ1v) is 10.3. The molecule has 1 aliphatic heterocycles. The number of hydrogen-bond acceptors (Lipinski definition) is 3. The maximum absolute atomic E-state index is 5.44. The standard InChI is InChI=1S/C22H27BrN2O/c1-16-5-3-4-6-19(16)20-13-17(20)15-24-9-11-25(12-10-24)18-7-8-21(23)22(14-18)26-2/h3-8,14,17,20H,9-13,15H2,1-2H3. The third kappa shape index (κ3) is 3.77. The Balaban J connectivity index is 1.30. The number of halogens is 1. The fourth-order valence-corrected chi connectivity index (χ4v) is 4.61. The third-order valence-electron chi connectivity index (χ3n) is 5.88. The van der Waals surface area contributed by atoms with Crippen molar-refractivity contribution in [3.63, 3.8) is 0 Å². The SMILES string of the molecule is COc1cc(N2CCN(CC3CC3c3ccccc3C)CC2)ccc1Br. The van der Waals surface area contributed by atoms with Gasteiger partial charge >= 0.3 is 0 Å². The van der Waals surface area contributed by atoms with Crippen LogP contribution in [0.1, 0.15) is 23.5 Å². The average Bonchev–Trinajstić information content (AvgIpc) is 3.42. The summed E-state index contributed by atoms with van der Waals surface area (Å²) in [6.07, 6.45) is 1.36. The number of anilines is 1. The van der Waals surface area contributed by atoms with E-state index in [0.717, 1.165) is 48.2 Å². The van der Waals surface area contributed by atoms with Gasteiger partial charge in [0, 0.05) is 44.5 Å². The minimum absolute atomic E-state index is 0.782. The van der Waals surface area contributed by atoms with Crippen LogP contribution in [-0.2, 0) is 0 Å². The molecule has 1 aliphatic carbocycles. The minimum atomic E-state index is 0.782. The Morgan fingerprint density at radius 3 is 2.58 bits per heavy atom. The van der Waals surface area contributed by atoms with Crippen LogP contribution < -0.4 is 9.64 Å². The Hall–Kier alpha value is -1.52. The molecule has 0 radical (unpaired) electrons. The molecule has 1 saturated heterocycles. The molecule has 2 atom stereocenters. The quantitative estimate of drug-likeness (QED) is 0.705. The van der Waals surface area contributed by atoms with Crippen LogP contribution in [0.4, 0.5) is 5.69 Å². The lowest BCUT2D eigenvalue weighted by Gasteiger charge is -2.36. The van der Waals surface area contributed by atoms with Crippen LogP contribution >= 0.6 is 15.9 Å². The Morgan fingerprint density at radius 1 is 1.08 bits per heavy atom. The summed E-state index contributed by atoms with van der Waals surface area (Å²) in [7, 11) is 1.72. The van der Waals surface area contributed by atoms with Crippen molar-refractivity contribution in [3.05, 3.63) is 58.1 Å². The zero-order valence-corrected chi connectivity index (χ0v) is 17.2. The van der Waals surface area contributed by atoms with Gasteiger partial charge in [0.2, 0.25) is 0 Å². The van der Waals surface area contributed by atoms with E-state index in [1.54, 1.807) is 12.7 Å². The van der Waals surface area contributed by atoms with Crippen molar-refractivity contribution in [3.8, 4) is 5.75 Å². The number of aryl methyl sites for hydroxylation is 1. The maximum Gasteiger partial charge on any atom is 0.135 e. The predicted molar refractivity (Wildman–Crippen MR) is 111 cm³/mol. The molecule has 0 spiro atoms. The number of methoxy groups -OCH3 is 1. The first-order chi connectivity index (χ1) is 12.7. The third-order valence-corrected chi connectivity index (χ3v) is 6.53. The van der Waals surface area contributed by atoms with Gasteiger partial charge in [-0.15, -0.1) is 0 Å². The lowest BCUT2D eigenvalue weighted by Crippen LogP contribution is -2.47. The summed E-state index contributed by atoms with van der Waals surface area (Å²) >= 11 is 3.54. The second-order valence-corrected chi connectivity index (χ2v) is 8.42. The molecule has 0 amide bonds. The van der Waals surface area contributed by atoms with Gasteiger partial charge in [0.1, 0.15) is 5.75 Å². The van der Waals surface area contributed by atoms with E-state index in [0.29, 0.717) is 0 Å². The summed E-state index contributed by atoms with van der Waals surface area (Å²) in [6.45, 7) is 7.97. The zero-order valence-electron chi connectivity index (χ0n) is 15.6. The predicted octanol–water partition coefficient (Wildman–Crippen LogP) is 4.69. The van der Waals surface area contributed by atoms with Gasteiger partial charge < -0.3 is 9.64 Å². The van der Waals surface area contributed by atoms with E-state index >= 15 is 0 Å². The Kier molecular flexibility index (Phi) is 5.23. The van der Waals surface area contributed by atoms with Crippen molar-refractivity contribution in [2.75, 3.05) is 44.7 Å². The Bertz CT molecular complexity index is 770. The molecular formula is C22H27BrN2O. The van der Waals surface area contributed by atoms with Crippen molar-refractivity contribution in [1.29, 1.82) is 0 Å². The number of ether oxygens (including phenoxy) is 1. The molecule has 0 N–H and O–H groups in total. The molecule has 2 aromatic carbocycles. The summed E-state index contributed by atoms with van der Waals surface area (Å²) in [6, 6.07) is 15.3. The van der Waals surface area contributed by atoms with Crippen molar-refractivity contribution in [2.45, 2.75) is 19.3 Å². The van der Waals surface area contributed by atoms with Crippen molar-refractivity contribution < 1.29 is 4.74 Å². The highest BCUT2D eigenvalue weighted by Crippen LogP contribution is 2.48. The summed E-state index contributed by atoms with van der Waals surface area (Å²) in [5.41, 5.74) is 4.28. The van der Waals surface area contributed by atoms with Crippen molar-refractivity contribution in [1.82, 2.24) is 4.90 Å². The minimum Gasteiger partial charge on any atom is -0.495 e. The molecule has 2 fully saturated rings. The second-order valence-electron chi connectivity index (χ2n) is 7.57. The molecule has 3 nitrogen and oxygen atoms in total. The van der Waals surface area contributed by atoms with Crippen LogP contribution in [-0.4, -0.2) is 44.7 Å². The number of benzene rings is 2. The maximum atomic E-state index is 5.44. The highest BCUT2D eigenvalue weighted by molar-refractivity contribution is 9.10. The van der Waals surface area contributed by atoms with Gasteiger partial charge in [0.25, 0.3) is 0 Å². The normalized spacial score (nSPS) is 23.1. The van der Waals surface area contributed by atoms with Crippen molar-refractivity contribution >= 4 is 21.6 Å². The molecule has 2 unspecified atom stereocenters. The summed E-state index contributed by atoms with van der Waals surface area (Å²) < 4.78 is 6.45. The fraction of sp³-hybridized carbons (Fsp3) is 0.455. The molecule has 4 rings (SSSR count). The van der Waals surface area contributed by atoms with Gasteiger partial charge in [0.05, 0.1) is 11.6 Å². The van der Waals surface area contributed by atoms with Crippen LogP contribution in [0.25, 0.3) is 0 Å². The van der Waals surface area contributed by atoms with E-state index in [9.17, 15) is 0 Å². The van der Waals surface area contributed by atoms with E-state index in [2.05, 4.69) is 75.1 Å². The van der Waals surface area contributed by atoms with Gasteiger partial charge in [-0.1, -0.05) is 24.3 Å². The summed E-state index contributed by atoms with van der Waals surface area (Å²) in [5.74, 6) is 2.53. The van der Waals surface area contributed by atoms with Crippen LogP contribution in [0.2, 0.25) is 0 Å². The van der Waals surface area contributed by atoms with Gasteiger partial charge in [-0.2, -0.15) is 0 Å². The van der Waals surface area contributed by atoms with Crippen LogP contribution in [0, 0.1) is 12.8 Å². The highest BCUT2D eigenvalue weighted by Gasteiger charge is 2.40. The molecule has 0 bridgehead atoms. The second kappa shape index (κ2) is 7.61. The van der Waals surface area contributed by atoms with Crippen LogP contribution in [0.15, 0.2) is 46.9 Å². The van der Waals surface area contributed by atoms with E-state index in [-0.39, 0.29) is 0 Å². The topological polar surface area (TPSA) is 15.7 Å². The number of piperazine rings is 1. The molecule has 1 saturated carbocycles. The number of rotatable bonds is 5. The van der Waals surface area contributed by atoms with Gasteiger partial charge in [-0.25, -0.2) is 0 Å². The van der Waals surface area contributed by atoms with Gasteiger partial charge in [-0.3, -0.25) is 4.90 Å². The van der Waals surface area contributed by atoms with Crippen LogP contribution in [0.5, 0.6) is 5.75 Å². The van der Waals surface area contributed by atoms with E-state index in [1.807, 2.05) is 0 Å². The molecule has 4 heteroatoms. The zero-order chi connectivity index (χ0) is 18.1. The van der Waals surface area contributed by atoms with E-state index < -0.39 is 0 Å². The summed E-state index contributed by atoms with van der Waals surface area (Å²) in [5, 5.41) is 0. The molecule has 138 valence electrons. The largest absolute Gasteiger partial charge is 0.495 e. The highest BCUT2D eigenvalue weighted by atomic mass is 79.9. The molecular weight excluding hydrogens is 388 g/mol. The first-order valence-electron chi connectivity index (χ1n) is 9.52. The monoisotopic (exact) mass is 414 g/mol. The fourth-order valence-electron chi connectivity index (χ4n) is 4.20. The smallest absolute Gasteiger partial charge is 0.135 e. The van der Waals surface area contributed by atoms with E-state index in [4.69, 9.17) is 4.74 Å². The Morgan fingerprint density at radius 2 is 1.85 bits per heavy atom. The first kappa shape index (κ1) is 17.9. The number of hydrogen-bond donors (Lipinski definition) is 0. The average molecular weight is 415 g/mol.